The first-order valence-electron chi connectivity index (χ1n) is 6.71. The van der Waals surface area contributed by atoms with Crippen molar-refractivity contribution < 1.29 is 4.57 Å². The molecule has 19 heavy (non-hydrogen) atoms. The summed E-state index contributed by atoms with van der Waals surface area (Å²) in [6.45, 7) is 6.64. The van der Waals surface area contributed by atoms with Gasteiger partial charge in [-0.05, 0) is 37.6 Å². The van der Waals surface area contributed by atoms with Crippen LogP contribution in [0, 0.1) is 13.8 Å². The second kappa shape index (κ2) is 3.67. The van der Waals surface area contributed by atoms with Gasteiger partial charge in [0, 0.05) is 18.6 Å². The molecule has 3 aromatic rings. The molecule has 2 heterocycles. The number of benzene rings is 2. The van der Waals surface area contributed by atoms with Gasteiger partial charge in [-0.1, -0.05) is 29.0 Å². The van der Waals surface area contributed by atoms with E-state index in [9.17, 15) is 0 Å². The summed E-state index contributed by atoms with van der Waals surface area (Å²) in [5.41, 5.74) is 6.93. The van der Waals surface area contributed by atoms with Gasteiger partial charge in [-0.15, -0.1) is 0 Å². The molecule has 1 nitrogen and oxygen atoms in total. The number of hydrogen-bond donors (Lipinski definition) is 0. The van der Waals surface area contributed by atoms with Gasteiger partial charge in [-0.25, -0.2) is 0 Å². The smallest absolute Gasteiger partial charge is 0.175 e. The van der Waals surface area contributed by atoms with Crippen LogP contribution in [0.25, 0.3) is 20.8 Å². The van der Waals surface area contributed by atoms with Gasteiger partial charge in [0.2, 0.25) is 5.52 Å². The Kier molecular flexibility index (Phi) is 2.16. The molecule has 1 aliphatic heterocycles. The van der Waals surface area contributed by atoms with Gasteiger partial charge in [0.25, 0.3) is 5.01 Å². The van der Waals surface area contributed by atoms with Crippen LogP contribution in [0.5, 0.6) is 0 Å². The Morgan fingerprint density at radius 2 is 1.74 bits per heavy atom. The quantitative estimate of drug-likeness (QED) is 0.531. The fourth-order valence-electron chi connectivity index (χ4n) is 3.10. The van der Waals surface area contributed by atoms with Crippen LogP contribution >= 0.6 is 11.3 Å². The Bertz CT molecular complexity index is 813. The molecule has 94 valence electrons. The van der Waals surface area contributed by atoms with Crippen molar-refractivity contribution in [3.63, 3.8) is 0 Å². The maximum Gasteiger partial charge on any atom is 0.271 e. The van der Waals surface area contributed by atoms with E-state index in [2.05, 4.69) is 61.7 Å². The lowest BCUT2D eigenvalue weighted by Crippen LogP contribution is -2.34. The highest BCUT2D eigenvalue weighted by Gasteiger charge is 2.37. The topological polar surface area (TPSA) is 3.88 Å². The molecule has 0 bridgehead atoms. The van der Waals surface area contributed by atoms with Crippen molar-refractivity contribution in [3.8, 4) is 10.6 Å². The van der Waals surface area contributed by atoms with Crippen LogP contribution in [-0.2, 0) is 0 Å². The summed E-state index contributed by atoms with van der Waals surface area (Å²) in [5, 5.41) is 1.41. The maximum atomic E-state index is 2.49. The third-order valence-electron chi connectivity index (χ3n) is 4.08. The fraction of sp³-hybridized carbons (Fsp3) is 0.235. The van der Waals surface area contributed by atoms with Gasteiger partial charge in [0.05, 0.1) is 5.56 Å². The van der Waals surface area contributed by atoms with E-state index in [4.69, 9.17) is 0 Å². The molecule has 1 aromatic heterocycles. The highest BCUT2D eigenvalue weighted by molar-refractivity contribution is 7.21. The molecule has 0 fully saturated rings. The Labute approximate surface area is 117 Å². The molecule has 0 saturated heterocycles. The van der Waals surface area contributed by atoms with Gasteiger partial charge in [0.1, 0.15) is 4.70 Å². The van der Waals surface area contributed by atoms with Crippen molar-refractivity contribution in [3.05, 3.63) is 53.1 Å². The SMILES string of the molecule is Cc1ccc2c(c1)C(C)[n+]1c-2sc2cc(C)ccc21. The number of rotatable bonds is 0. The molecular formula is C17H16NS+. The summed E-state index contributed by atoms with van der Waals surface area (Å²) in [5.74, 6) is 0. The molecule has 4 rings (SSSR count). The minimum Gasteiger partial charge on any atom is -0.175 e. The van der Waals surface area contributed by atoms with Crippen molar-refractivity contribution >= 4 is 21.6 Å². The van der Waals surface area contributed by atoms with Crippen LogP contribution in [0.3, 0.4) is 0 Å². The third kappa shape index (κ3) is 1.44. The summed E-state index contributed by atoms with van der Waals surface area (Å²) in [4.78, 5) is 0. The lowest BCUT2D eigenvalue weighted by atomic mass is 10.0. The first-order valence-corrected chi connectivity index (χ1v) is 7.52. The molecule has 0 radical (unpaired) electrons. The predicted molar refractivity (Wildman–Crippen MR) is 80.7 cm³/mol. The third-order valence-corrected chi connectivity index (χ3v) is 5.23. The molecule has 2 heteroatoms. The van der Waals surface area contributed by atoms with Crippen LogP contribution in [-0.4, -0.2) is 0 Å². The second-order valence-electron chi connectivity index (χ2n) is 5.52. The summed E-state index contributed by atoms with van der Waals surface area (Å²) in [7, 11) is 0. The summed E-state index contributed by atoms with van der Waals surface area (Å²) < 4.78 is 3.89. The van der Waals surface area contributed by atoms with Crippen molar-refractivity contribution in [2.45, 2.75) is 26.8 Å². The minimum absolute atomic E-state index is 0.446. The van der Waals surface area contributed by atoms with Crippen molar-refractivity contribution in [1.29, 1.82) is 0 Å². The zero-order valence-electron chi connectivity index (χ0n) is 11.4. The average Bonchev–Trinajstić information content (AvgIpc) is 2.86. The first kappa shape index (κ1) is 11.2. The molecule has 2 aromatic carbocycles. The molecule has 0 amide bonds. The van der Waals surface area contributed by atoms with E-state index in [1.54, 1.807) is 0 Å². The number of nitrogens with zero attached hydrogens (tertiary/aromatic N) is 1. The molecule has 0 aliphatic carbocycles. The number of thiazole rings is 1. The standard InChI is InChI=1S/C17H16NS/c1-10-4-6-13-14(8-10)12(3)18-15-7-5-11(2)9-16(15)19-17(13)18/h4-9,12H,1-3H3/q+1. The summed E-state index contributed by atoms with van der Waals surface area (Å²) in [6, 6.07) is 14.1. The molecule has 0 N–H and O–H groups in total. The molecule has 1 unspecified atom stereocenters. The van der Waals surface area contributed by atoms with Crippen LogP contribution < -0.4 is 4.57 Å². The lowest BCUT2D eigenvalue weighted by molar-refractivity contribution is -0.665. The van der Waals surface area contributed by atoms with Gasteiger partial charge in [-0.2, -0.15) is 4.57 Å². The van der Waals surface area contributed by atoms with E-state index in [-0.39, 0.29) is 0 Å². The number of fused-ring (bicyclic) bond motifs is 5. The van der Waals surface area contributed by atoms with Crippen LogP contribution in [0.1, 0.15) is 29.7 Å². The van der Waals surface area contributed by atoms with E-state index >= 15 is 0 Å². The minimum atomic E-state index is 0.446. The highest BCUT2D eigenvalue weighted by atomic mass is 32.1. The molecule has 1 atom stereocenters. The highest BCUT2D eigenvalue weighted by Crippen LogP contribution is 2.40. The van der Waals surface area contributed by atoms with Gasteiger partial charge in [-0.3, -0.25) is 0 Å². The van der Waals surface area contributed by atoms with Gasteiger partial charge in [0.15, 0.2) is 6.04 Å². The largest absolute Gasteiger partial charge is 0.271 e. The van der Waals surface area contributed by atoms with Crippen molar-refractivity contribution in [1.82, 2.24) is 0 Å². The molecule has 1 aliphatic rings. The van der Waals surface area contributed by atoms with E-state index < -0.39 is 0 Å². The van der Waals surface area contributed by atoms with Crippen molar-refractivity contribution in [2.75, 3.05) is 0 Å². The number of aryl methyl sites for hydroxylation is 2. The summed E-state index contributed by atoms with van der Waals surface area (Å²) in [6.07, 6.45) is 0. The van der Waals surface area contributed by atoms with Gasteiger partial charge < -0.3 is 0 Å². The van der Waals surface area contributed by atoms with Crippen LogP contribution in [0.4, 0.5) is 0 Å². The Morgan fingerprint density at radius 1 is 1.00 bits per heavy atom. The number of hydrogen-bond acceptors (Lipinski definition) is 1. The van der Waals surface area contributed by atoms with Crippen LogP contribution in [0.15, 0.2) is 36.4 Å². The monoisotopic (exact) mass is 266 g/mol. The Hall–Kier alpha value is -1.67. The first-order chi connectivity index (χ1) is 9.15. The molecule has 0 saturated carbocycles. The van der Waals surface area contributed by atoms with E-state index in [0.717, 1.165) is 0 Å². The van der Waals surface area contributed by atoms with E-state index in [1.165, 1.54) is 37.5 Å². The van der Waals surface area contributed by atoms with Gasteiger partial charge >= 0.3 is 0 Å². The zero-order chi connectivity index (χ0) is 13.1. The summed E-state index contributed by atoms with van der Waals surface area (Å²) >= 11 is 1.92. The average molecular weight is 266 g/mol. The normalized spacial score (nSPS) is 16.7. The zero-order valence-corrected chi connectivity index (χ0v) is 12.2. The fourth-order valence-corrected chi connectivity index (χ4v) is 4.47. The van der Waals surface area contributed by atoms with E-state index in [1.807, 2.05) is 11.3 Å². The lowest BCUT2D eigenvalue weighted by Gasteiger charge is -2.02. The number of aromatic nitrogens is 1. The maximum absolute atomic E-state index is 2.49. The molecule has 0 spiro atoms. The Morgan fingerprint density at radius 3 is 2.58 bits per heavy atom. The van der Waals surface area contributed by atoms with E-state index in [0.29, 0.717) is 6.04 Å². The predicted octanol–water partition coefficient (Wildman–Crippen LogP) is 4.40. The Balaban J connectivity index is 2.08. The van der Waals surface area contributed by atoms with Crippen molar-refractivity contribution in [2.24, 2.45) is 0 Å². The second-order valence-corrected chi connectivity index (χ2v) is 6.55. The van der Waals surface area contributed by atoms with Crippen LogP contribution in [0.2, 0.25) is 0 Å². The molecular weight excluding hydrogens is 250 g/mol.